The number of halogens is 3. The van der Waals surface area contributed by atoms with Crippen molar-refractivity contribution in [3.05, 3.63) is 113 Å². The molecule has 13 heteroatoms. The molecule has 0 saturated carbocycles. The predicted octanol–water partition coefficient (Wildman–Crippen LogP) is 6.49. The molecule has 230 valence electrons. The highest BCUT2D eigenvalue weighted by atomic mass is 32.2. The Morgan fingerprint density at radius 3 is 2.53 bits per heavy atom. The van der Waals surface area contributed by atoms with Crippen LogP contribution < -0.4 is 15.0 Å². The number of rotatable bonds is 9. The van der Waals surface area contributed by atoms with E-state index in [0.29, 0.717) is 38.3 Å². The van der Waals surface area contributed by atoms with E-state index in [1.807, 2.05) is 17.5 Å². The van der Waals surface area contributed by atoms with Gasteiger partial charge < -0.3 is 15.0 Å². The van der Waals surface area contributed by atoms with Gasteiger partial charge >= 0.3 is 6.18 Å². The Hall–Kier alpha value is -4.84. The van der Waals surface area contributed by atoms with Crippen molar-refractivity contribution < 1.29 is 22.7 Å². The van der Waals surface area contributed by atoms with E-state index in [1.165, 1.54) is 23.9 Å². The highest BCUT2D eigenvalue weighted by Gasteiger charge is 2.41. The van der Waals surface area contributed by atoms with Crippen LogP contribution >= 0.6 is 11.8 Å². The molecule has 1 amide bonds. The van der Waals surface area contributed by atoms with Crippen LogP contribution in [0, 0.1) is 0 Å². The number of amides is 1. The van der Waals surface area contributed by atoms with Crippen molar-refractivity contribution >= 4 is 33.9 Å². The first kappa shape index (κ1) is 30.2. The fraction of sp³-hybridized carbons (Fsp3) is 0.219. The first-order valence-corrected chi connectivity index (χ1v) is 15.0. The van der Waals surface area contributed by atoms with Crippen LogP contribution in [-0.4, -0.2) is 57.4 Å². The van der Waals surface area contributed by atoms with Crippen LogP contribution in [-0.2, 0) is 17.5 Å². The van der Waals surface area contributed by atoms with Crippen molar-refractivity contribution in [1.82, 2.24) is 25.3 Å². The van der Waals surface area contributed by atoms with Crippen LogP contribution in [0.1, 0.15) is 23.2 Å². The minimum Gasteiger partial charge on any atom is -0.457 e. The highest BCUT2D eigenvalue weighted by Crippen LogP contribution is 2.48. The summed E-state index contributed by atoms with van der Waals surface area (Å²) in [5, 5.41) is 19.2. The van der Waals surface area contributed by atoms with Crippen molar-refractivity contribution in [1.29, 1.82) is 0 Å². The topological polar surface area (TPSA) is 99.3 Å². The van der Waals surface area contributed by atoms with Gasteiger partial charge in [-0.25, -0.2) is 0 Å². The first-order chi connectivity index (χ1) is 21.8. The maximum Gasteiger partial charge on any atom is 0.422 e. The van der Waals surface area contributed by atoms with Gasteiger partial charge in [0.2, 0.25) is 5.91 Å². The Balaban J connectivity index is 1.27. The van der Waals surface area contributed by atoms with Crippen molar-refractivity contribution in [2.75, 3.05) is 36.4 Å². The summed E-state index contributed by atoms with van der Waals surface area (Å²) >= 11 is 1.39. The molecule has 4 aromatic rings. The average molecular weight is 632 g/mol. The number of alkyl halides is 3. The summed E-state index contributed by atoms with van der Waals surface area (Å²) < 4.78 is 50.4. The van der Waals surface area contributed by atoms with Gasteiger partial charge in [0.05, 0.1) is 40.8 Å². The Labute approximate surface area is 261 Å². The molecule has 0 atom stereocenters. The number of piperazine rings is 1. The van der Waals surface area contributed by atoms with Crippen molar-refractivity contribution in [3.63, 3.8) is 0 Å². The fourth-order valence-corrected chi connectivity index (χ4v) is 5.93. The molecule has 1 fully saturated rings. The summed E-state index contributed by atoms with van der Waals surface area (Å²) in [6.45, 7) is 2.23. The summed E-state index contributed by atoms with van der Waals surface area (Å²) in [5.74, 6) is -0.506. The lowest BCUT2D eigenvalue weighted by Gasteiger charge is -2.38. The zero-order valence-electron chi connectivity index (χ0n) is 23.9. The fourth-order valence-electron chi connectivity index (χ4n) is 5.12. The van der Waals surface area contributed by atoms with Crippen molar-refractivity contribution in [3.8, 4) is 11.5 Å². The van der Waals surface area contributed by atoms with E-state index in [-0.39, 0.29) is 29.3 Å². The molecule has 2 aliphatic heterocycles. The van der Waals surface area contributed by atoms with E-state index in [0.717, 1.165) is 16.2 Å². The average Bonchev–Trinajstić information content (AvgIpc) is 3.56. The summed E-state index contributed by atoms with van der Waals surface area (Å²) in [7, 11) is 0. The molecule has 9 nitrogen and oxygen atoms in total. The lowest BCUT2D eigenvalue weighted by Crippen LogP contribution is -2.46. The van der Waals surface area contributed by atoms with Gasteiger partial charge in [-0.15, -0.1) is 5.73 Å². The molecule has 2 aliphatic rings. The van der Waals surface area contributed by atoms with Crippen LogP contribution in [0.4, 0.5) is 24.5 Å². The third-order valence-electron chi connectivity index (χ3n) is 7.23. The monoisotopic (exact) mass is 631 g/mol. The molecule has 0 spiro atoms. The standard InChI is InChI=1S/C32H28F3N7O2S/c33-32(34,35)30-27(44-25-4-2-1-3-5-25)8-7-26(31(30)42-16-14-41(15-17-42)20-24-11-13-37-40-24)39-29(43)18-22-6-9-28(45-21-22)23-10-12-36-38-19-23/h1-8,10-13,19,21H,14-18,20H2,(H,37,40)(H,39,43). The number of aromatic nitrogens is 4. The smallest absolute Gasteiger partial charge is 0.422 e. The van der Waals surface area contributed by atoms with E-state index in [4.69, 9.17) is 4.74 Å². The number of nitrogens with zero attached hydrogens (tertiary/aromatic N) is 5. The van der Waals surface area contributed by atoms with E-state index in [2.05, 4.69) is 36.3 Å². The van der Waals surface area contributed by atoms with Crippen LogP contribution in [0.25, 0.3) is 4.91 Å². The Bertz CT molecular complexity index is 1730. The molecule has 4 heterocycles. The number of para-hydroxylation sites is 1. The van der Waals surface area contributed by atoms with E-state index in [9.17, 15) is 18.0 Å². The molecule has 2 aromatic carbocycles. The van der Waals surface area contributed by atoms with Crippen LogP contribution in [0.15, 0.2) is 96.0 Å². The number of carbonyl (C=O) groups is 1. The quantitative estimate of drug-likeness (QED) is 0.203. The molecule has 0 bridgehead atoms. The molecule has 45 heavy (non-hydrogen) atoms. The molecule has 2 aromatic heterocycles. The zero-order valence-corrected chi connectivity index (χ0v) is 24.7. The summed E-state index contributed by atoms with van der Waals surface area (Å²) in [6, 6.07) is 14.7. The third-order valence-corrected chi connectivity index (χ3v) is 8.24. The van der Waals surface area contributed by atoms with Gasteiger partial charge in [0.1, 0.15) is 17.1 Å². The normalized spacial score (nSPS) is 15.4. The number of hydrogen-bond acceptors (Lipinski definition) is 8. The Kier molecular flexibility index (Phi) is 9.01. The minimum atomic E-state index is -4.76. The second-order valence-corrected chi connectivity index (χ2v) is 11.2. The number of allylic oxidation sites excluding steroid dienone is 1. The number of nitrogens with one attached hydrogen (secondary N) is 2. The van der Waals surface area contributed by atoms with E-state index in [1.54, 1.807) is 59.9 Å². The third kappa shape index (κ3) is 7.46. The summed E-state index contributed by atoms with van der Waals surface area (Å²) in [4.78, 5) is 17.9. The van der Waals surface area contributed by atoms with E-state index >= 15 is 0 Å². The van der Waals surface area contributed by atoms with Gasteiger partial charge in [-0.05, 0) is 53.5 Å². The number of ether oxygens (including phenoxy) is 1. The molecule has 0 radical (unpaired) electrons. The number of aromatic amines is 1. The SMILES string of the molecule is O=C(CC1=CSC(c2ccnnc2)=C=C1)Nc1ccc(Oc2ccccc2)c(C(F)(F)F)c1N1CCN(Cc2cc[nH]n2)CC1. The summed E-state index contributed by atoms with van der Waals surface area (Å²) in [5.41, 5.74) is 4.55. The molecule has 1 saturated heterocycles. The van der Waals surface area contributed by atoms with Gasteiger partial charge in [0.25, 0.3) is 0 Å². The molecule has 0 unspecified atom stereocenters. The van der Waals surface area contributed by atoms with Crippen molar-refractivity contribution in [2.24, 2.45) is 0 Å². The number of anilines is 2. The van der Waals surface area contributed by atoms with Gasteiger partial charge in [0, 0.05) is 44.5 Å². The van der Waals surface area contributed by atoms with Gasteiger partial charge in [-0.1, -0.05) is 30.0 Å². The van der Waals surface area contributed by atoms with Crippen molar-refractivity contribution in [2.45, 2.75) is 19.1 Å². The predicted molar refractivity (Wildman–Crippen MR) is 166 cm³/mol. The van der Waals surface area contributed by atoms with Crippen LogP contribution in [0.5, 0.6) is 11.5 Å². The molecule has 6 rings (SSSR count). The zero-order chi connectivity index (χ0) is 31.2. The Morgan fingerprint density at radius 1 is 1.04 bits per heavy atom. The molecular formula is C32H28F3N7O2S. The largest absolute Gasteiger partial charge is 0.457 e. The number of carbonyl (C=O) groups excluding carboxylic acids is 1. The van der Waals surface area contributed by atoms with Gasteiger partial charge in [0.15, 0.2) is 0 Å². The second-order valence-electron chi connectivity index (χ2n) is 10.4. The highest BCUT2D eigenvalue weighted by molar-refractivity contribution is 8.11. The minimum absolute atomic E-state index is 0.0393. The lowest BCUT2D eigenvalue weighted by atomic mass is 10.1. The maximum absolute atomic E-state index is 14.9. The number of H-pyrrole nitrogens is 1. The second kappa shape index (κ2) is 13.4. The van der Waals surface area contributed by atoms with Crippen LogP contribution in [0.3, 0.4) is 0 Å². The van der Waals surface area contributed by atoms with Gasteiger partial charge in [-0.3, -0.25) is 14.8 Å². The molecule has 2 N–H and O–H groups in total. The number of benzene rings is 2. The van der Waals surface area contributed by atoms with E-state index < -0.39 is 17.6 Å². The number of thioether (sulfide) groups is 1. The summed E-state index contributed by atoms with van der Waals surface area (Å²) in [6.07, 6.45) is 1.84. The molecular weight excluding hydrogens is 603 g/mol. The first-order valence-electron chi connectivity index (χ1n) is 14.2. The van der Waals surface area contributed by atoms with Crippen LogP contribution in [0.2, 0.25) is 0 Å². The van der Waals surface area contributed by atoms with Gasteiger partial charge in [-0.2, -0.15) is 28.5 Å². The number of hydrogen-bond donors (Lipinski definition) is 2. The molecule has 0 aliphatic carbocycles. The lowest BCUT2D eigenvalue weighted by molar-refractivity contribution is -0.138. The Morgan fingerprint density at radius 2 is 1.87 bits per heavy atom. The maximum atomic E-state index is 14.9.